The Morgan fingerprint density at radius 3 is 2.48 bits per heavy atom. The van der Waals surface area contributed by atoms with Gasteiger partial charge in [0.1, 0.15) is 5.82 Å². The van der Waals surface area contributed by atoms with Gasteiger partial charge in [-0.2, -0.15) is 0 Å². The maximum atomic E-state index is 14.8. The number of carbonyl (C=O) groups is 1. The largest absolute Gasteiger partial charge is 0.294 e. The van der Waals surface area contributed by atoms with E-state index in [1.165, 1.54) is 22.2 Å². The second-order valence-electron chi connectivity index (χ2n) is 6.83. The lowest BCUT2D eigenvalue weighted by molar-refractivity contribution is -0.00578. The molecule has 0 saturated heterocycles. The summed E-state index contributed by atoms with van der Waals surface area (Å²) in [5.41, 5.74) is 0.956. The summed E-state index contributed by atoms with van der Waals surface area (Å²) in [5.74, 6) is -1.19. The van der Waals surface area contributed by atoms with Crippen LogP contribution in [0, 0.1) is 5.82 Å². The Hall–Kier alpha value is -2.84. The number of fused-ring (bicyclic) bond motifs is 1. The summed E-state index contributed by atoms with van der Waals surface area (Å²) in [6, 6.07) is 18.9. The standard InChI is InChI=1S/C23H16BrF2NO3S/c1-14(24)23(28)15-10-11-19-16(12-15)13-20(22-18(25)8-5-9-21(22)30-26)27(19)31(29)17-6-3-2-4-7-17/h2-14H,1H3. The first-order valence-electron chi connectivity index (χ1n) is 9.31. The molecule has 0 aliphatic heterocycles. The van der Waals surface area contributed by atoms with Crippen LogP contribution in [-0.2, 0) is 11.0 Å². The highest BCUT2D eigenvalue weighted by Crippen LogP contribution is 2.38. The summed E-state index contributed by atoms with van der Waals surface area (Å²) < 4.78 is 42.9. The van der Waals surface area contributed by atoms with E-state index >= 15 is 0 Å². The van der Waals surface area contributed by atoms with Crippen LogP contribution in [0.2, 0.25) is 0 Å². The van der Waals surface area contributed by atoms with Crippen molar-refractivity contribution in [2.45, 2.75) is 16.6 Å². The fourth-order valence-corrected chi connectivity index (χ4v) is 4.92. The van der Waals surface area contributed by atoms with E-state index in [2.05, 4.69) is 20.9 Å². The van der Waals surface area contributed by atoms with Gasteiger partial charge in [-0.15, -0.1) is 0 Å². The Kier molecular flexibility index (Phi) is 6.02. The molecule has 3 aromatic carbocycles. The van der Waals surface area contributed by atoms with Crippen LogP contribution in [-0.4, -0.2) is 18.8 Å². The molecule has 0 amide bonds. The number of hydrogen-bond acceptors (Lipinski definition) is 3. The monoisotopic (exact) mass is 503 g/mol. The highest BCUT2D eigenvalue weighted by atomic mass is 79.9. The number of aromatic nitrogens is 1. The van der Waals surface area contributed by atoms with Crippen molar-refractivity contribution < 1.29 is 22.9 Å². The van der Waals surface area contributed by atoms with E-state index in [0.29, 0.717) is 21.4 Å². The summed E-state index contributed by atoms with van der Waals surface area (Å²) in [6.45, 7) is 1.72. The van der Waals surface area contributed by atoms with Crippen molar-refractivity contribution in [2.24, 2.45) is 0 Å². The van der Waals surface area contributed by atoms with Crippen LogP contribution in [0.5, 0.6) is 5.75 Å². The molecule has 0 aliphatic carbocycles. The zero-order valence-electron chi connectivity index (χ0n) is 16.2. The fourth-order valence-electron chi connectivity index (χ4n) is 3.39. The quantitative estimate of drug-likeness (QED) is 0.231. The molecule has 2 unspecified atom stereocenters. The third-order valence-corrected chi connectivity index (χ3v) is 6.64. The van der Waals surface area contributed by atoms with Crippen LogP contribution in [0.15, 0.2) is 77.7 Å². The number of benzene rings is 3. The van der Waals surface area contributed by atoms with Crippen molar-refractivity contribution in [3.8, 4) is 17.0 Å². The third kappa shape index (κ3) is 3.93. The molecule has 8 heteroatoms. The zero-order valence-corrected chi connectivity index (χ0v) is 18.6. The minimum absolute atomic E-state index is 0.126. The highest BCUT2D eigenvalue weighted by Gasteiger charge is 2.24. The van der Waals surface area contributed by atoms with E-state index in [-0.39, 0.29) is 27.6 Å². The first-order valence-corrected chi connectivity index (χ1v) is 11.3. The SMILES string of the molecule is CC(Br)C(=O)c1ccc2c(c1)cc(-c1c(F)cccc1OF)n2S(=O)c1ccccc1. The molecule has 0 radical (unpaired) electrons. The van der Waals surface area contributed by atoms with E-state index in [4.69, 9.17) is 0 Å². The topological polar surface area (TPSA) is 48.3 Å². The summed E-state index contributed by atoms with van der Waals surface area (Å²) in [4.78, 5) is 16.4. The number of halogens is 3. The van der Waals surface area contributed by atoms with Crippen molar-refractivity contribution in [2.75, 3.05) is 0 Å². The second kappa shape index (κ2) is 8.72. The Morgan fingerprint density at radius 2 is 1.81 bits per heavy atom. The normalized spacial score (nSPS) is 13.2. The van der Waals surface area contributed by atoms with Gasteiger partial charge in [0.25, 0.3) is 0 Å². The molecule has 0 N–H and O–H groups in total. The molecule has 1 heterocycles. The molecule has 4 rings (SSSR count). The third-order valence-electron chi connectivity index (χ3n) is 4.83. The first-order chi connectivity index (χ1) is 14.9. The molecular weight excluding hydrogens is 488 g/mol. The van der Waals surface area contributed by atoms with Crippen LogP contribution >= 0.6 is 15.9 Å². The van der Waals surface area contributed by atoms with Gasteiger partial charge in [-0.3, -0.25) is 13.7 Å². The van der Waals surface area contributed by atoms with E-state index in [1.807, 2.05) is 0 Å². The smallest absolute Gasteiger partial charge is 0.184 e. The van der Waals surface area contributed by atoms with E-state index in [9.17, 15) is 17.9 Å². The molecule has 0 fully saturated rings. The molecule has 0 aliphatic rings. The average Bonchev–Trinajstić information content (AvgIpc) is 3.16. The predicted octanol–water partition coefficient (Wildman–Crippen LogP) is 6.25. The zero-order chi connectivity index (χ0) is 22.1. The number of alkyl halides is 1. The van der Waals surface area contributed by atoms with Gasteiger partial charge in [0.15, 0.2) is 22.5 Å². The lowest BCUT2D eigenvalue weighted by Crippen LogP contribution is -2.10. The molecule has 0 spiro atoms. The van der Waals surface area contributed by atoms with Gasteiger partial charge >= 0.3 is 0 Å². The Labute approximate surface area is 188 Å². The van der Waals surface area contributed by atoms with Gasteiger partial charge in [-0.05, 0) is 55.5 Å². The molecule has 158 valence electrons. The maximum Gasteiger partial charge on any atom is 0.184 e. The minimum Gasteiger partial charge on any atom is -0.294 e. The summed E-state index contributed by atoms with van der Waals surface area (Å²) in [6.07, 6.45) is 0. The molecule has 0 saturated carbocycles. The van der Waals surface area contributed by atoms with Crippen LogP contribution in [0.25, 0.3) is 22.2 Å². The minimum atomic E-state index is -1.77. The van der Waals surface area contributed by atoms with Crippen molar-refractivity contribution in [1.29, 1.82) is 0 Å². The maximum absolute atomic E-state index is 14.8. The van der Waals surface area contributed by atoms with Crippen LogP contribution in [0.1, 0.15) is 17.3 Å². The molecule has 4 nitrogen and oxygen atoms in total. The Bertz CT molecular complexity index is 1310. The summed E-state index contributed by atoms with van der Waals surface area (Å²) in [7, 11) is -1.77. The number of carbonyl (C=O) groups excluding carboxylic acids is 1. The average molecular weight is 504 g/mol. The van der Waals surface area contributed by atoms with Gasteiger partial charge < -0.3 is 0 Å². The van der Waals surface area contributed by atoms with Crippen molar-refractivity contribution >= 4 is 43.6 Å². The predicted molar refractivity (Wildman–Crippen MR) is 120 cm³/mol. The number of ketones is 1. The van der Waals surface area contributed by atoms with Gasteiger partial charge in [-0.25, -0.2) is 8.60 Å². The van der Waals surface area contributed by atoms with Gasteiger partial charge in [-0.1, -0.05) is 40.2 Å². The molecule has 4 aromatic rings. The van der Waals surface area contributed by atoms with Gasteiger partial charge in [0.05, 0.1) is 26.5 Å². The lowest BCUT2D eigenvalue weighted by atomic mass is 10.1. The Morgan fingerprint density at radius 1 is 1.06 bits per heavy atom. The number of hydrogen-bond donors (Lipinski definition) is 0. The molecule has 0 bridgehead atoms. The number of rotatable bonds is 6. The summed E-state index contributed by atoms with van der Waals surface area (Å²) in [5, 5.41) is 0.561. The molecule has 2 atom stereocenters. The van der Waals surface area contributed by atoms with Gasteiger partial charge in [0, 0.05) is 15.5 Å². The van der Waals surface area contributed by atoms with Crippen LogP contribution in [0.3, 0.4) is 0 Å². The number of nitrogens with zero attached hydrogens (tertiary/aromatic N) is 1. The van der Waals surface area contributed by atoms with Crippen molar-refractivity contribution in [3.05, 3.63) is 84.2 Å². The first kappa shape index (κ1) is 21.4. The lowest BCUT2D eigenvalue weighted by Gasteiger charge is -2.12. The van der Waals surface area contributed by atoms with Crippen molar-refractivity contribution in [1.82, 2.24) is 3.97 Å². The number of Topliss-reactive ketones (excluding diaryl/α,β-unsaturated/α-hetero) is 1. The fraction of sp³-hybridized carbons (Fsp3) is 0.0870. The van der Waals surface area contributed by atoms with Crippen LogP contribution in [0.4, 0.5) is 8.92 Å². The summed E-state index contributed by atoms with van der Waals surface area (Å²) >= 11 is 3.27. The molecular formula is C23H16BrF2NO3S. The highest BCUT2D eigenvalue weighted by molar-refractivity contribution is 9.10. The van der Waals surface area contributed by atoms with E-state index < -0.39 is 16.8 Å². The molecule has 1 aromatic heterocycles. The van der Waals surface area contributed by atoms with Crippen LogP contribution < -0.4 is 4.94 Å². The second-order valence-corrected chi connectivity index (χ2v) is 9.54. The van der Waals surface area contributed by atoms with Crippen molar-refractivity contribution in [3.63, 3.8) is 0 Å². The Balaban J connectivity index is 2.02. The van der Waals surface area contributed by atoms with Gasteiger partial charge in [0.2, 0.25) is 0 Å². The van der Waals surface area contributed by atoms with E-state index in [1.54, 1.807) is 61.5 Å². The van der Waals surface area contributed by atoms with E-state index in [0.717, 1.165) is 0 Å². The molecule has 31 heavy (non-hydrogen) atoms.